The van der Waals surface area contributed by atoms with Crippen LogP contribution in [0, 0.1) is 10.1 Å². The molecule has 0 aliphatic rings. The molecule has 0 amide bonds. The number of carbonyl (C=O) groups excluding carboxylic acids is 1. The number of aliphatic carboxylic acids is 2. The molecule has 0 saturated carbocycles. The van der Waals surface area contributed by atoms with E-state index in [1.165, 1.54) is 37.4 Å². The Bertz CT molecular complexity index is 874. The van der Waals surface area contributed by atoms with Gasteiger partial charge in [-0.05, 0) is 30.3 Å². The second kappa shape index (κ2) is 7.43. The van der Waals surface area contributed by atoms with Gasteiger partial charge in [0.25, 0.3) is 5.69 Å². The third kappa shape index (κ3) is 3.51. The molecule has 2 N–H and O–H groups in total. The van der Waals surface area contributed by atoms with Crippen molar-refractivity contribution in [1.82, 2.24) is 0 Å². The zero-order valence-corrected chi connectivity index (χ0v) is 13.4. The number of carboxylic acid groups (broad SMARTS) is 2. The predicted molar refractivity (Wildman–Crippen MR) is 87.5 cm³/mol. The van der Waals surface area contributed by atoms with Crippen LogP contribution < -0.4 is 4.74 Å². The summed E-state index contributed by atoms with van der Waals surface area (Å²) in [6.45, 7) is 0. The molecule has 26 heavy (non-hydrogen) atoms. The minimum absolute atomic E-state index is 0.105. The zero-order chi connectivity index (χ0) is 19.4. The summed E-state index contributed by atoms with van der Waals surface area (Å²) in [7, 11) is 1.43. The van der Waals surface area contributed by atoms with Gasteiger partial charge in [-0.2, -0.15) is 0 Å². The molecule has 9 heteroatoms. The Morgan fingerprint density at radius 1 is 1.04 bits per heavy atom. The highest BCUT2D eigenvalue weighted by Crippen LogP contribution is 2.32. The minimum atomic E-state index is -2.17. The van der Waals surface area contributed by atoms with Crippen LogP contribution in [0.5, 0.6) is 5.75 Å². The molecule has 0 fully saturated rings. The first-order chi connectivity index (χ1) is 12.3. The molecule has 0 aromatic heterocycles. The first kappa shape index (κ1) is 18.6. The van der Waals surface area contributed by atoms with E-state index in [1.807, 2.05) is 0 Å². The fourth-order valence-corrected chi connectivity index (χ4v) is 2.45. The van der Waals surface area contributed by atoms with Gasteiger partial charge in [0.05, 0.1) is 17.6 Å². The van der Waals surface area contributed by atoms with Gasteiger partial charge in [0.2, 0.25) is 0 Å². The molecular weight excluding hydrogens is 346 g/mol. The van der Waals surface area contributed by atoms with Crippen molar-refractivity contribution in [2.24, 2.45) is 0 Å². The van der Waals surface area contributed by atoms with E-state index in [2.05, 4.69) is 0 Å². The molecule has 2 rings (SSSR count). The highest BCUT2D eigenvalue weighted by molar-refractivity contribution is 6.12. The van der Waals surface area contributed by atoms with Crippen LogP contribution in [0.3, 0.4) is 0 Å². The molecule has 0 spiro atoms. The molecule has 0 atom stereocenters. The molecule has 9 nitrogen and oxygen atoms in total. The maximum Gasteiger partial charge on any atom is 0.322 e. The number of hydrogen-bond acceptors (Lipinski definition) is 6. The van der Waals surface area contributed by atoms with E-state index in [0.717, 1.165) is 12.1 Å². The number of nitrogens with zero attached hydrogens (tertiary/aromatic N) is 1. The minimum Gasteiger partial charge on any atom is -0.497 e. The second-order valence-corrected chi connectivity index (χ2v) is 5.17. The van der Waals surface area contributed by atoms with Crippen LogP contribution in [0.2, 0.25) is 0 Å². The Balaban J connectivity index is 2.63. The van der Waals surface area contributed by atoms with Crippen LogP contribution in [0.1, 0.15) is 27.4 Å². The van der Waals surface area contributed by atoms with Crippen LogP contribution in [-0.2, 0) is 9.59 Å². The highest BCUT2D eigenvalue weighted by atomic mass is 16.6. The summed E-state index contributed by atoms with van der Waals surface area (Å²) in [4.78, 5) is 45.6. The lowest BCUT2D eigenvalue weighted by Crippen LogP contribution is -2.23. The highest BCUT2D eigenvalue weighted by Gasteiger charge is 2.37. The van der Waals surface area contributed by atoms with E-state index in [0.29, 0.717) is 5.75 Å². The number of nitro benzene ring substituents is 1. The van der Waals surface area contributed by atoms with Gasteiger partial charge in [-0.3, -0.25) is 24.5 Å². The molecule has 0 aliphatic heterocycles. The summed E-state index contributed by atoms with van der Waals surface area (Å²) in [5, 5.41) is 29.7. The van der Waals surface area contributed by atoms with Gasteiger partial charge in [0, 0.05) is 5.56 Å². The Morgan fingerprint density at radius 2 is 1.62 bits per heavy atom. The van der Waals surface area contributed by atoms with Crippen molar-refractivity contribution in [1.29, 1.82) is 0 Å². The molecule has 0 radical (unpaired) electrons. The van der Waals surface area contributed by atoms with Crippen molar-refractivity contribution in [2.75, 3.05) is 7.11 Å². The number of rotatable bonds is 7. The average Bonchev–Trinajstić information content (AvgIpc) is 2.60. The van der Waals surface area contributed by atoms with E-state index in [1.54, 1.807) is 0 Å². The number of ketones is 1. The normalized spacial score (nSPS) is 10.4. The molecule has 0 saturated heterocycles. The molecule has 2 aromatic carbocycles. The van der Waals surface area contributed by atoms with Crippen LogP contribution in [0.15, 0.2) is 42.5 Å². The Hall–Kier alpha value is -3.75. The molecule has 0 heterocycles. The predicted octanol–water partition coefficient (Wildman–Crippen LogP) is 2.09. The van der Waals surface area contributed by atoms with Gasteiger partial charge < -0.3 is 14.9 Å². The largest absolute Gasteiger partial charge is 0.497 e. The summed E-state index contributed by atoms with van der Waals surface area (Å²) in [5.41, 5.74) is -1.71. The maximum absolute atomic E-state index is 12.6. The van der Waals surface area contributed by atoms with Crippen LogP contribution in [0.4, 0.5) is 5.69 Å². The number of carboxylic acids is 2. The number of benzene rings is 2. The monoisotopic (exact) mass is 359 g/mol. The standard InChI is InChI=1S/C17H13NO8/c1-26-10-7-5-9(6-8-10)15(19)12-4-2-3-11(14(12)18(24)25)13(16(20)21)17(22)23/h2-8,13H,1H3,(H,20,21)(H,22,23). The Morgan fingerprint density at radius 3 is 2.08 bits per heavy atom. The fraction of sp³-hybridized carbons (Fsp3) is 0.118. The first-order valence-corrected chi connectivity index (χ1v) is 7.19. The Kier molecular flexibility index (Phi) is 5.31. The zero-order valence-electron chi connectivity index (χ0n) is 13.4. The van der Waals surface area contributed by atoms with E-state index in [4.69, 9.17) is 14.9 Å². The van der Waals surface area contributed by atoms with Crippen molar-refractivity contribution >= 4 is 23.4 Å². The van der Waals surface area contributed by atoms with Gasteiger partial charge in [-0.25, -0.2) is 0 Å². The maximum atomic E-state index is 12.6. The van der Waals surface area contributed by atoms with Crippen molar-refractivity contribution in [2.45, 2.75) is 5.92 Å². The van der Waals surface area contributed by atoms with Gasteiger partial charge in [0.15, 0.2) is 11.7 Å². The first-order valence-electron chi connectivity index (χ1n) is 7.19. The topological polar surface area (TPSA) is 144 Å². The van der Waals surface area contributed by atoms with Gasteiger partial charge in [-0.1, -0.05) is 12.1 Å². The summed E-state index contributed by atoms with van der Waals surface area (Å²) >= 11 is 0. The molecule has 0 bridgehead atoms. The summed E-state index contributed by atoms with van der Waals surface area (Å²) < 4.78 is 4.97. The second-order valence-electron chi connectivity index (χ2n) is 5.17. The molecule has 134 valence electrons. The van der Waals surface area contributed by atoms with Crippen LogP contribution in [-0.4, -0.2) is 40.0 Å². The van der Waals surface area contributed by atoms with Crippen molar-refractivity contribution in [3.05, 3.63) is 69.3 Å². The quantitative estimate of drug-likeness (QED) is 0.331. The number of methoxy groups -OCH3 is 1. The van der Waals surface area contributed by atoms with Gasteiger partial charge in [0.1, 0.15) is 11.3 Å². The number of hydrogen-bond donors (Lipinski definition) is 2. The number of nitro groups is 1. The van der Waals surface area contributed by atoms with Crippen molar-refractivity contribution in [3.8, 4) is 5.75 Å². The number of carbonyl (C=O) groups is 3. The molecule has 2 aromatic rings. The van der Waals surface area contributed by atoms with Crippen LogP contribution >= 0.6 is 0 Å². The lowest BCUT2D eigenvalue weighted by molar-refractivity contribution is -0.385. The summed E-state index contributed by atoms with van der Waals surface area (Å²) in [6.07, 6.45) is 0. The lowest BCUT2D eigenvalue weighted by Gasteiger charge is -2.11. The summed E-state index contributed by atoms with van der Waals surface area (Å²) in [5.74, 6) is -5.97. The van der Waals surface area contributed by atoms with Crippen molar-refractivity contribution in [3.63, 3.8) is 0 Å². The molecule has 0 unspecified atom stereocenters. The summed E-state index contributed by atoms with van der Waals surface area (Å²) in [6, 6.07) is 9.12. The molecule has 0 aliphatic carbocycles. The van der Waals surface area contributed by atoms with E-state index >= 15 is 0 Å². The van der Waals surface area contributed by atoms with E-state index in [9.17, 15) is 24.5 Å². The third-order valence-electron chi connectivity index (χ3n) is 3.65. The average molecular weight is 359 g/mol. The lowest BCUT2D eigenvalue weighted by atomic mass is 9.92. The van der Waals surface area contributed by atoms with Gasteiger partial charge >= 0.3 is 11.9 Å². The third-order valence-corrected chi connectivity index (χ3v) is 3.65. The SMILES string of the molecule is COc1ccc(C(=O)c2cccc(C(C(=O)O)C(=O)O)c2[N+](=O)[O-])cc1. The number of ether oxygens (including phenoxy) is 1. The Labute approximate surface area is 146 Å². The van der Waals surface area contributed by atoms with Gasteiger partial charge in [-0.15, -0.1) is 0 Å². The molecular formula is C17H13NO8. The smallest absolute Gasteiger partial charge is 0.322 e. The van der Waals surface area contributed by atoms with E-state index < -0.39 is 45.4 Å². The van der Waals surface area contributed by atoms with E-state index in [-0.39, 0.29) is 5.56 Å². The van der Waals surface area contributed by atoms with Crippen molar-refractivity contribution < 1.29 is 34.3 Å². The number of para-hydroxylation sites is 1. The van der Waals surface area contributed by atoms with Crippen LogP contribution in [0.25, 0.3) is 0 Å². The fourth-order valence-electron chi connectivity index (χ4n) is 2.45.